The Bertz CT molecular complexity index is 1090. The Morgan fingerprint density at radius 3 is 2.27 bits per heavy atom. The first-order chi connectivity index (χ1) is 19.4. The van der Waals surface area contributed by atoms with E-state index in [1.54, 1.807) is 6.92 Å². The van der Waals surface area contributed by atoms with E-state index in [0.29, 0.717) is 87.7 Å². The molecule has 1 aromatic carbocycles. The summed E-state index contributed by atoms with van der Waals surface area (Å²) in [4.78, 5) is 41.4. The van der Waals surface area contributed by atoms with Crippen LogP contribution in [0.5, 0.6) is 5.75 Å². The fourth-order valence-corrected chi connectivity index (χ4v) is 5.14. The molecule has 1 N–H and O–H groups in total. The zero-order chi connectivity index (χ0) is 28.5. The summed E-state index contributed by atoms with van der Waals surface area (Å²) in [6, 6.07) is 0. The molecule has 2 saturated heterocycles. The van der Waals surface area contributed by atoms with E-state index in [1.807, 2.05) is 13.0 Å². The van der Waals surface area contributed by atoms with E-state index >= 15 is 0 Å². The van der Waals surface area contributed by atoms with E-state index in [9.17, 15) is 19.5 Å². The molecule has 1 unspecified atom stereocenters. The molecule has 11 nitrogen and oxygen atoms in total. The molecule has 11 heteroatoms. The number of morpholine rings is 2. The molecule has 3 aliphatic heterocycles. The lowest BCUT2D eigenvalue weighted by Gasteiger charge is -2.26. The Morgan fingerprint density at radius 1 is 1.02 bits per heavy atom. The van der Waals surface area contributed by atoms with Crippen LogP contribution < -0.4 is 0 Å². The monoisotopic (exact) mass is 560 g/mol. The molecule has 0 aromatic heterocycles. The van der Waals surface area contributed by atoms with E-state index in [0.717, 1.165) is 31.8 Å². The van der Waals surface area contributed by atoms with Gasteiger partial charge in [-0.2, -0.15) is 0 Å². The molecule has 40 heavy (non-hydrogen) atoms. The zero-order valence-electron chi connectivity index (χ0n) is 23.4. The minimum Gasteiger partial charge on any atom is -0.507 e. The Kier molecular flexibility index (Phi) is 11.1. The largest absolute Gasteiger partial charge is 0.507 e. The summed E-state index contributed by atoms with van der Waals surface area (Å²) in [7, 11) is 0. The summed E-state index contributed by atoms with van der Waals surface area (Å²) in [6.07, 6.45) is 2.50. The molecule has 1 atom stereocenters. The third-order valence-electron chi connectivity index (χ3n) is 7.63. The minimum absolute atomic E-state index is 0.0457. The molecule has 0 radical (unpaired) electrons. The van der Waals surface area contributed by atoms with Gasteiger partial charge in [0.15, 0.2) is 6.29 Å². The second kappa shape index (κ2) is 14.7. The van der Waals surface area contributed by atoms with E-state index in [-0.39, 0.29) is 30.1 Å². The average molecular weight is 561 g/mol. The molecule has 2 fully saturated rings. The number of phenols is 1. The number of aromatic hydroxyl groups is 1. The number of nitrogens with zero attached hydrogens (tertiary/aromatic N) is 2. The van der Waals surface area contributed by atoms with Crippen LogP contribution in [0.1, 0.15) is 63.5 Å². The molecule has 0 aliphatic carbocycles. The highest BCUT2D eigenvalue weighted by Crippen LogP contribution is 2.43. The van der Waals surface area contributed by atoms with Gasteiger partial charge in [-0.1, -0.05) is 11.6 Å². The number of ether oxygens (including phenoxy) is 5. The van der Waals surface area contributed by atoms with Gasteiger partial charge >= 0.3 is 11.9 Å². The number of cyclic esters (lactones) is 1. The lowest BCUT2D eigenvalue weighted by atomic mass is 9.90. The maximum Gasteiger partial charge on any atom is 0.345 e. The molecule has 4 rings (SSSR count). The Labute approximate surface area is 234 Å². The maximum absolute atomic E-state index is 12.7. The van der Waals surface area contributed by atoms with Crippen LogP contribution in [0.2, 0.25) is 0 Å². The van der Waals surface area contributed by atoms with Gasteiger partial charge in [-0.05, 0) is 32.3 Å². The first-order valence-corrected chi connectivity index (χ1v) is 14.0. The van der Waals surface area contributed by atoms with Crippen molar-refractivity contribution in [1.29, 1.82) is 0 Å². The van der Waals surface area contributed by atoms with Gasteiger partial charge in [-0.15, -0.1) is 0 Å². The second-order valence-electron chi connectivity index (χ2n) is 10.3. The fourth-order valence-electron chi connectivity index (χ4n) is 5.14. The average Bonchev–Trinajstić information content (AvgIpc) is 3.30. The fraction of sp³-hybridized carbons (Fsp3) is 0.621. The van der Waals surface area contributed by atoms with Gasteiger partial charge in [-0.3, -0.25) is 19.4 Å². The predicted octanol–water partition coefficient (Wildman–Crippen LogP) is 2.18. The van der Waals surface area contributed by atoms with Gasteiger partial charge < -0.3 is 28.8 Å². The lowest BCUT2D eigenvalue weighted by molar-refractivity contribution is -0.144. The minimum atomic E-state index is -0.978. The van der Waals surface area contributed by atoms with Gasteiger partial charge in [0.2, 0.25) is 6.29 Å². The zero-order valence-corrected chi connectivity index (χ0v) is 23.4. The van der Waals surface area contributed by atoms with Crippen LogP contribution in [0.15, 0.2) is 11.6 Å². The van der Waals surface area contributed by atoms with Crippen molar-refractivity contribution >= 4 is 18.2 Å². The number of hydrogen-bond acceptors (Lipinski definition) is 11. The maximum atomic E-state index is 12.7. The Balaban J connectivity index is 1.33. The van der Waals surface area contributed by atoms with Gasteiger partial charge in [-0.25, -0.2) is 4.79 Å². The molecule has 0 amide bonds. The van der Waals surface area contributed by atoms with Crippen molar-refractivity contribution in [3.8, 4) is 5.75 Å². The second-order valence-corrected chi connectivity index (χ2v) is 10.3. The molecule has 0 saturated carbocycles. The molecule has 0 spiro atoms. The smallest absolute Gasteiger partial charge is 0.345 e. The van der Waals surface area contributed by atoms with E-state index in [2.05, 4.69) is 9.80 Å². The highest BCUT2D eigenvalue weighted by molar-refractivity contribution is 6.00. The quantitative estimate of drug-likeness (QED) is 0.217. The topological polar surface area (TPSA) is 124 Å². The number of aldehydes is 1. The van der Waals surface area contributed by atoms with Crippen molar-refractivity contribution in [3.63, 3.8) is 0 Å². The molecule has 220 valence electrons. The first-order valence-electron chi connectivity index (χ1n) is 14.0. The summed E-state index contributed by atoms with van der Waals surface area (Å²) in [5.74, 6) is -1.21. The molecule has 0 bridgehead atoms. The number of esters is 2. The third-order valence-corrected chi connectivity index (χ3v) is 7.63. The molecule has 3 heterocycles. The van der Waals surface area contributed by atoms with Crippen LogP contribution in [-0.4, -0.2) is 112 Å². The van der Waals surface area contributed by atoms with Crippen molar-refractivity contribution in [2.75, 3.05) is 78.9 Å². The van der Waals surface area contributed by atoms with Crippen LogP contribution in [0.3, 0.4) is 0 Å². The summed E-state index contributed by atoms with van der Waals surface area (Å²) in [5.41, 5.74) is 2.56. The van der Waals surface area contributed by atoms with Crippen LogP contribution in [0.4, 0.5) is 0 Å². The van der Waals surface area contributed by atoms with Crippen LogP contribution >= 0.6 is 0 Å². The van der Waals surface area contributed by atoms with Gasteiger partial charge in [0.25, 0.3) is 0 Å². The number of carbonyl (C=O) groups excluding carboxylic acids is 3. The third kappa shape index (κ3) is 7.67. The molecular formula is C29H40N2O9. The van der Waals surface area contributed by atoms with Crippen molar-refractivity contribution in [1.82, 2.24) is 9.80 Å². The first kappa shape index (κ1) is 30.1. The van der Waals surface area contributed by atoms with Crippen molar-refractivity contribution in [2.24, 2.45) is 0 Å². The highest BCUT2D eigenvalue weighted by Gasteiger charge is 2.39. The number of allylic oxidation sites excluding steroid dienone is 2. The van der Waals surface area contributed by atoms with Crippen molar-refractivity contribution in [2.45, 2.75) is 39.4 Å². The number of rotatable bonds is 13. The number of hydrogen-bond donors (Lipinski definition) is 1. The Morgan fingerprint density at radius 2 is 1.65 bits per heavy atom. The molecular weight excluding hydrogens is 520 g/mol. The summed E-state index contributed by atoms with van der Waals surface area (Å²) in [6.45, 7) is 11.7. The van der Waals surface area contributed by atoms with E-state index < -0.39 is 12.3 Å². The van der Waals surface area contributed by atoms with Crippen LogP contribution in [-0.2, 0) is 34.9 Å². The molecule has 1 aromatic rings. The van der Waals surface area contributed by atoms with Crippen molar-refractivity contribution < 1.29 is 43.2 Å². The lowest BCUT2D eigenvalue weighted by Crippen LogP contribution is -2.38. The van der Waals surface area contributed by atoms with E-state index in [4.69, 9.17) is 23.7 Å². The van der Waals surface area contributed by atoms with Crippen LogP contribution in [0.25, 0.3) is 0 Å². The normalized spacial score (nSPS) is 20.3. The van der Waals surface area contributed by atoms with Crippen LogP contribution in [0, 0.1) is 6.92 Å². The highest BCUT2D eigenvalue weighted by atomic mass is 16.7. The number of fused-ring (bicyclic) bond motifs is 1. The van der Waals surface area contributed by atoms with Gasteiger partial charge in [0.1, 0.15) is 17.9 Å². The molecule has 3 aliphatic rings. The number of carbonyl (C=O) groups is 3. The van der Waals surface area contributed by atoms with Gasteiger partial charge in [0.05, 0.1) is 33.0 Å². The summed E-state index contributed by atoms with van der Waals surface area (Å²) >= 11 is 0. The summed E-state index contributed by atoms with van der Waals surface area (Å²) < 4.78 is 27.3. The van der Waals surface area contributed by atoms with Crippen molar-refractivity contribution in [3.05, 3.63) is 39.5 Å². The number of phenolic OH excluding ortho intramolecular Hbond substituents is 1. The standard InChI is InChI=1S/C29H40N2O9/c1-20(4-6-24(33)38-17-11-30-7-13-36-14-8-30)3-5-22-23(19-32)21(2)25-26(27(22)34)28(35)40-29(25)39-18-12-31-9-15-37-16-10-31/h3,19,29,34H,4-18H2,1-2H3/b20-3+. The van der Waals surface area contributed by atoms with E-state index in [1.165, 1.54) is 0 Å². The SMILES string of the molecule is C/C(=C\Cc1c(O)c2c(c(C)c1C=O)C(OCCN1CCOCC1)OC2=O)CCC(=O)OCCN1CCOCC1. The number of benzene rings is 1. The summed E-state index contributed by atoms with van der Waals surface area (Å²) in [5, 5.41) is 11.0. The predicted molar refractivity (Wildman–Crippen MR) is 145 cm³/mol. The Hall–Kier alpha value is -2.83. The van der Waals surface area contributed by atoms with Gasteiger partial charge in [0, 0.05) is 62.4 Å².